The molecule has 2 unspecified atom stereocenters. The Bertz CT molecular complexity index is 966. The molecule has 0 bridgehead atoms. The zero-order valence-corrected chi connectivity index (χ0v) is 18.6. The third-order valence-corrected chi connectivity index (χ3v) is 5.14. The van der Waals surface area contributed by atoms with Crippen LogP contribution in [0.3, 0.4) is 0 Å². The maximum atomic E-state index is 14.7. The van der Waals surface area contributed by atoms with Gasteiger partial charge in [0, 0.05) is 26.4 Å². The van der Waals surface area contributed by atoms with E-state index in [2.05, 4.69) is 21.9 Å². The Hall–Kier alpha value is -3.30. The molecule has 1 saturated heterocycles. The highest BCUT2D eigenvalue weighted by Crippen LogP contribution is 2.29. The van der Waals surface area contributed by atoms with E-state index in [9.17, 15) is 18.0 Å². The summed E-state index contributed by atoms with van der Waals surface area (Å²) in [6.45, 7) is 6.35. The molecule has 33 heavy (non-hydrogen) atoms. The van der Waals surface area contributed by atoms with Crippen LogP contribution < -0.4 is 19.7 Å². The lowest BCUT2D eigenvalue weighted by atomic mass is 10.0. The molecule has 2 atom stereocenters. The quantitative estimate of drug-likeness (QED) is 0.541. The standard InChI is InChI=1S/C23H27F3N4O3/c1-4-10-27-21(31)15(2)16-5-7-17(8-6-16)33-18-9-11-30(12-18)20-19(24)22(29-14-28-20)32-13-23(3,25)26/h4-8,14-15,18H,1,9-13H2,2-3H3,(H,27,31). The van der Waals surface area contributed by atoms with Gasteiger partial charge in [0.05, 0.1) is 12.5 Å². The molecule has 1 aliphatic heterocycles. The molecule has 1 fully saturated rings. The number of anilines is 1. The number of nitrogens with zero attached hydrogens (tertiary/aromatic N) is 3. The monoisotopic (exact) mass is 464 g/mol. The molecule has 1 aliphatic rings. The van der Waals surface area contributed by atoms with E-state index in [-0.39, 0.29) is 23.7 Å². The summed E-state index contributed by atoms with van der Waals surface area (Å²) in [5, 5.41) is 2.77. The van der Waals surface area contributed by atoms with Crippen molar-refractivity contribution in [1.29, 1.82) is 0 Å². The first kappa shape index (κ1) is 24.3. The summed E-state index contributed by atoms with van der Waals surface area (Å²) in [6.07, 6.45) is 3.11. The molecule has 3 rings (SSSR count). The van der Waals surface area contributed by atoms with E-state index < -0.39 is 24.2 Å². The van der Waals surface area contributed by atoms with Crippen LogP contribution in [0, 0.1) is 5.82 Å². The predicted molar refractivity (Wildman–Crippen MR) is 117 cm³/mol. The van der Waals surface area contributed by atoms with Gasteiger partial charge in [-0.25, -0.2) is 13.8 Å². The Morgan fingerprint density at radius 2 is 2.09 bits per heavy atom. The highest BCUT2D eigenvalue weighted by Gasteiger charge is 2.30. The van der Waals surface area contributed by atoms with Crippen molar-refractivity contribution in [3.05, 3.63) is 54.6 Å². The molecule has 178 valence electrons. The number of nitrogens with one attached hydrogen (secondary N) is 1. The number of rotatable bonds is 10. The summed E-state index contributed by atoms with van der Waals surface area (Å²) in [4.78, 5) is 21.3. The van der Waals surface area contributed by atoms with E-state index in [1.165, 1.54) is 0 Å². The summed E-state index contributed by atoms with van der Waals surface area (Å²) in [5.74, 6) is -4.28. The molecule has 1 aromatic carbocycles. The number of hydrogen-bond acceptors (Lipinski definition) is 6. The molecule has 2 heterocycles. The van der Waals surface area contributed by atoms with Gasteiger partial charge in [0.15, 0.2) is 12.4 Å². The van der Waals surface area contributed by atoms with Gasteiger partial charge in [-0.1, -0.05) is 18.2 Å². The molecule has 1 N–H and O–H groups in total. The molecule has 2 aromatic rings. The molecular weight excluding hydrogens is 437 g/mol. The lowest BCUT2D eigenvalue weighted by Crippen LogP contribution is -2.28. The van der Waals surface area contributed by atoms with Crippen LogP contribution in [0.25, 0.3) is 0 Å². The van der Waals surface area contributed by atoms with Crippen LogP contribution in [0.1, 0.15) is 31.7 Å². The largest absolute Gasteiger partial charge is 0.489 e. The number of aromatic nitrogens is 2. The van der Waals surface area contributed by atoms with Crippen LogP contribution in [0.4, 0.5) is 19.0 Å². The third-order valence-electron chi connectivity index (χ3n) is 5.14. The third kappa shape index (κ3) is 6.59. The minimum atomic E-state index is -3.10. The lowest BCUT2D eigenvalue weighted by molar-refractivity contribution is -0.122. The van der Waals surface area contributed by atoms with Crippen LogP contribution >= 0.6 is 0 Å². The summed E-state index contributed by atoms with van der Waals surface area (Å²) >= 11 is 0. The molecule has 0 aliphatic carbocycles. The van der Waals surface area contributed by atoms with Crippen LogP contribution in [0.5, 0.6) is 11.6 Å². The molecule has 0 radical (unpaired) electrons. The smallest absolute Gasteiger partial charge is 0.278 e. The topological polar surface area (TPSA) is 76.6 Å². The first-order valence-electron chi connectivity index (χ1n) is 10.6. The van der Waals surface area contributed by atoms with Crippen molar-refractivity contribution >= 4 is 11.7 Å². The molecule has 10 heteroatoms. The fourth-order valence-corrected chi connectivity index (χ4v) is 3.38. The Morgan fingerprint density at radius 1 is 1.36 bits per heavy atom. The van der Waals surface area contributed by atoms with Gasteiger partial charge in [-0.3, -0.25) is 4.79 Å². The Kier molecular flexibility index (Phi) is 7.78. The zero-order valence-electron chi connectivity index (χ0n) is 18.6. The van der Waals surface area contributed by atoms with Crippen molar-refractivity contribution in [2.45, 2.75) is 38.2 Å². The second-order valence-electron chi connectivity index (χ2n) is 7.97. The second-order valence-corrected chi connectivity index (χ2v) is 7.97. The molecule has 1 aromatic heterocycles. The van der Waals surface area contributed by atoms with Crippen molar-refractivity contribution in [2.75, 3.05) is 31.1 Å². The molecular formula is C23H27F3N4O3. The lowest BCUT2D eigenvalue weighted by Gasteiger charge is -2.20. The van der Waals surface area contributed by atoms with E-state index in [0.29, 0.717) is 38.7 Å². The van der Waals surface area contributed by atoms with E-state index in [1.54, 1.807) is 23.1 Å². The van der Waals surface area contributed by atoms with Crippen LogP contribution in [0.15, 0.2) is 43.2 Å². The summed E-state index contributed by atoms with van der Waals surface area (Å²) in [7, 11) is 0. The highest BCUT2D eigenvalue weighted by molar-refractivity contribution is 5.83. The predicted octanol–water partition coefficient (Wildman–Crippen LogP) is 3.71. The first-order chi connectivity index (χ1) is 15.7. The Labute approximate surface area is 190 Å². The van der Waals surface area contributed by atoms with Crippen molar-refractivity contribution in [3.8, 4) is 11.6 Å². The number of ether oxygens (including phenoxy) is 2. The van der Waals surface area contributed by atoms with Gasteiger partial charge in [-0.15, -0.1) is 6.58 Å². The van der Waals surface area contributed by atoms with Gasteiger partial charge >= 0.3 is 0 Å². The highest BCUT2D eigenvalue weighted by atomic mass is 19.3. The number of benzene rings is 1. The van der Waals surface area contributed by atoms with Crippen LogP contribution in [0.2, 0.25) is 0 Å². The fourth-order valence-electron chi connectivity index (χ4n) is 3.38. The molecule has 7 nitrogen and oxygen atoms in total. The molecule has 0 saturated carbocycles. The minimum absolute atomic E-state index is 0.0137. The molecule has 0 spiro atoms. The van der Waals surface area contributed by atoms with Gasteiger partial charge in [0.1, 0.15) is 18.2 Å². The van der Waals surface area contributed by atoms with E-state index in [4.69, 9.17) is 9.47 Å². The number of alkyl halides is 2. The number of halogens is 3. The van der Waals surface area contributed by atoms with Gasteiger partial charge in [0.25, 0.3) is 11.8 Å². The SMILES string of the molecule is C=CCNC(=O)C(C)c1ccc(OC2CCN(c3ncnc(OCC(C)(F)F)c3F)C2)cc1. The van der Waals surface area contributed by atoms with Crippen LogP contribution in [-0.2, 0) is 4.79 Å². The number of carbonyl (C=O) groups excluding carboxylic acids is 1. The van der Waals surface area contributed by atoms with Crippen LogP contribution in [-0.4, -0.2) is 54.1 Å². The Morgan fingerprint density at radius 3 is 2.76 bits per heavy atom. The van der Waals surface area contributed by atoms with E-state index in [0.717, 1.165) is 11.9 Å². The normalized spacial score (nSPS) is 16.9. The fraction of sp³-hybridized carbons (Fsp3) is 0.435. The summed E-state index contributed by atoms with van der Waals surface area (Å²) < 4.78 is 51.6. The summed E-state index contributed by atoms with van der Waals surface area (Å²) in [5.41, 5.74) is 0.852. The van der Waals surface area contributed by atoms with Gasteiger partial charge < -0.3 is 19.7 Å². The van der Waals surface area contributed by atoms with E-state index in [1.807, 2.05) is 19.1 Å². The number of carbonyl (C=O) groups is 1. The number of hydrogen-bond donors (Lipinski definition) is 1. The van der Waals surface area contributed by atoms with Gasteiger partial charge in [-0.2, -0.15) is 9.37 Å². The average Bonchev–Trinajstić information content (AvgIpc) is 3.24. The zero-order chi connectivity index (χ0) is 24.0. The first-order valence-corrected chi connectivity index (χ1v) is 10.6. The van der Waals surface area contributed by atoms with Crippen molar-refractivity contribution in [1.82, 2.24) is 15.3 Å². The average molecular weight is 464 g/mol. The maximum absolute atomic E-state index is 14.7. The number of amides is 1. The van der Waals surface area contributed by atoms with Crippen molar-refractivity contribution in [3.63, 3.8) is 0 Å². The van der Waals surface area contributed by atoms with Gasteiger partial charge in [-0.05, 0) is 24.6 Å². The second kappa shape index (κ2) is 10.5. The Balaban J connectivity index is 1.58. The van der Waals surface area contributed by atoms with Crippen molar-refractivity contribution < 1.29 is 27.4 Å². The molecule has 1 amide bonds. The van der Waals surface area contributed by atoms with Gasteiger partial charge in [0.2, 0.25) is 11.7 Å². The van der Waals surface area contributed by atoms with Crippen molar-refractivity contribution in [2.24, 2.45) is 0 Å². The maximum Gasteiger partial charge on any atom is 0.278 e. The summed E-state index contributed by atoms with van der Waals surface area (Å²) in [6, 6.07) is 7.24. The van der Waals surface area contributed by atoms with E-state index >= 15 is 0 Å². The minimum Gasteiger partial charge on any atom is -0.489 e.